The van der Waals surface area contributed by atoms with E-state index in [-0.39, 0.29) is 56.3 Å². The number of ether oxygens (including phenoxy) is 1. The fraction of sp³-hybridized carbons (Fsp3) is 0.389. The molecule has 6 nitrogen and oxygen atoms in total. The topological polar surface area (TPSA) is 75.7 Å². The Balaban J connectivity index is 2.67. The zero-order valence-corrected chi connectivity index (χ0v) is 14.5. The largest absolute Gasteiger partial charge is 0.466 e. The molecule has 0 aromatic heterocycles. The standard InChI is InChI=1S/C18H23FN2O4/c1-3-25-18(24)10-12-21(13-11-20-14(2)22)17(23)9-6-15-4-7-16(19)8-5-15/h4-9H,3,10-13H2,1-2H3,(H,20,22)/b9-6+. The summed E-state index contributed by atoms with van der Waals surface area (Å²) in [6.45, 7) is 4.12. The molecule has 25 heavy (non-hydrogen) atoms. The van der Waals surface area contributed by atoms with E-state index in [4.69, 9.17) is 4.74 Å². The summed E-state index contributed by atoms with van der Waals surface area (Å²) in [4.78, 5) is 36.2. The van der Waals surface area contributed by atoms with Crippen molar-refractivity contribution in [2.24, 2.45) is 0 Å². The smallest absolute Gasteiger partial charge is 0.307 e. The molecule has 1 aromatic rings. The number of rotatable bonds is 9. The number of nitrogens with one attached hydrogen (secondary N) is 1. The summed E-state index contributed by atoms with van der Waals surface area (Å²) in [6.07, 6.45) is 2.99. The minimum atomic E-state index is -0.387. The molecule has 0 saturated heterocycles. The van der Waals surface area contributed by atoms with Crippen LogP contribution in [-0.2, 0) is 19.1 Å². The number of hydrogen-bond acceptors (Lipinski definition) is 4. The molecular weight excluding hydrogens is 327 g/mol. The molecule has 0 unspecified atom stereocenters. The van der Waals surface area contributed by atoms with Crippen molar-refractivity contribution in [3.05, 3.63) is 41.7 Å². The van der Waals surface area contributed by atoms with Crippen LogP contribution in [0.2, 0.25) is 0 Å². The van der Waals surface area contributed by atoms with Gasteiger partial charge in [0.1, 0.15) is 5.82 Å². The van der Waals surface area contributed by atoms with Crippen LogP contribution in [0.1, 0.15) is 25.8 Å². The average Bonchev–Trinajstić information content (AvgIpc) is 2.57. The van der Waals surface area contributed by atoms with Gasteiger partial charge in [0.25, 0.3) is 0 Å². The molecule has 0 aliphatic rings. The molecule has 2 amide bonds. The predicted octanol–water partition coefficient (Wildman–Crippen LogP) is 1.76. The number of hydrogen-bond donors (Lipinski definition) is 1. The fourth-order valence-electron chi connectivity index (χ4n) is 2.01. The zero-order valence-electron chi connectivity index (χ0n) is 14.5. The Morgan fingerprint density at radius 2 is 1.88 bits per heavy atom. The van der Waals surface area contributed by atoms with Gasteiger partial charge in [0, 0.05) is 32.6 Å². The minimum Gasteiger partial charge on any atom is -0.466 e. The van der Waals surface area contributed by atoms with Gasteiger partial charge in [-0.3, -0.25) is 14.4 Å². The molecule has 1 aromatic carbocycles. The maximum absolute atomic E-state index is 12.9. The highest BCUT2D eigenvalue weighted by molar-refractivity contribution is 5.92. The third-order valence-electron chi connectivity index (χ3n) is 3.25. The van der Waals surface area contributed by atoms with Gasteiger partial charge < -0.3 is 15.0 Å². The second-order valence-electron chi connectivity index (χ2n) is 5.25. The Bertz CT molecular complexity index is 614. The quantitative estimate of drug-likeness (QED) is 0.544. The summed E-state index contributed by atoms with van der Waals surface area (Å²) >= 11 is 0. The first-order valence-corrected chi connectivity index (χ1v) is 8.05. The zero-order chi connectivity index (χ0) is 18.7. The first kappa shape index (κ1) is 20.3. The third kappa shape index (κ3) is 8.64. The molecule has 0 spiro atoms. The van der Waals surface area contributed by atoms with Crippen LogP contribution in [0.25, 0.3) is 6.08 Å². The van der Waals surface area contributed by atoms with Gasteiger partial charge in [0.15, 0.2) is 0 Å². The van der Waals surface area contributed by atoms with E-state index in [9.17, 15) is 18.8 Å². The molecule has 0 fully saturated rings. The van der Waals surface area contributed by atoms with E-state index in [0.717, 1.165) is 0 Å². The van der Waals surface area contributed by atoms with Crippen molar-refractivity contribution < 1.29 is 23.5 Å². The summed E-state index contributed by atoms with van der Waals surface area (Å²) in [6, 6.07) is 5.72. The number of esters is 1. The summed E-state index contributed by atoms with van der Waals surface area (Å²) < 4.78 is 17.7. The van der Waals surface area contributed by atoms with Crippen LogP contribution in [0.5, 0.6) is 0 Å². The number of carbonyl (C=O) groups is 3. The highest BCUT2D eigenvalue weighted by Gasteiger charge is 2.13. The average molecular weight is 350 g/mol. The molecule has 0 heterocycles. The van der Waals surface area contributed by atoms with E-state index in [2.05, 4.69) is 5.32 Å². The van der Waals surface area contributed by atoms with E-state index in [1.807, 2.05) is 0 Å². The normalized spacial score (nSPS) is 10.5. The van der Waals surface area contributed by atoms with Gasteiger partial charge in [-0.15, -0.1) is 0 Å². The van der Waals surface area contributed by atoms with Crippen molar-refractivity contribution in [3.8, 4) is 0 Å². The van der Waals surface area contributed by atoms with Crippen LogP contribution in [0, 0.1) is 5.82 Å². The minimum absolute atomic E-state index is 0.0735. The van der Waals surface area contributed by atoms with Crippen molar-refractivity contribution in [3.63, 3.8) is 0 Å². The lowest BCUT2D eigenvalue weighted by molar-refractivity contribution is -0.143. The SMILES string of the molecule is CCOC(=O)CCN(CCNC(C)=O)C(=O)/C=C/c1ccc(F)cc1. The van der Waals surface area contributed by atoms with Gasteiger partial charge >= 0.3 is 5.97 Å². The van der Waals surface area contributed by atoms with Crippen LogP contribution in [0.15, 0.2) is 30.3 Å². The highest BCUT2D eigenvalue weighted by atomic mass is 19.1. The third-order valence-corrected chi connectivity index (χ3v) is 3.25. The van der Waals surface area contributed by atoms with Gasteiger partial charge in [-0.25, -0.2) is 4.39 Å². The number of amides is 2. The maximum atomic E-state index is 12.9. The van der Waals surface area contributed by atoms with Gasteiger partial charge in [0.2, 0.25) is 11.8 Å². The maximum Gasteiger partial charge on any atom is 0.307 e. The summed E-state index contributed by atoms with van der Waals surface area (Å²) in [5.74, 6) is -1.24. The van der Waals surface area contributed by atoms with Gasteiger partial charge in [-0.05, 0) is 30.7 Å². The van der Waals surface area contributed by atoms with Crippen LogP contribution in [-0.4, -0.2) is 48.9 Å². The Morgan fingerprint density at radius 3 is 2.48 bits per heavy atom. The summed E-state index contributed by atoms with van der Waals surface area (Å²) in [5.41, 5.74) is 0.682. The number of nitrogens with zero attached hydrogens (tertiary/aromatic N) is 1. The molecule has 0 bridgehead atoms. The Morgan fingerprint density at radius 1 is 1.20 bits per heavy atom. The van der Waals surface area contributed by atoms with Crippen molar-refractivity contribution in [2.75, 3.05) is 26.2 Å². The molecule has 1 N–H and O–H groups in total. The van der Waals surface area contributed by atoms with Crippen molar-refractivity contribution in [1.82, 2.24) is 10.2 Å². The highest BCUT2D eigenvalue weighted by Crippen LogP contribution is 2.05. The van der Waals surface area contributed by atoms with Crippen LogP contribution >= 0.6 is 0 Å². The Labute approximate surface area is 146 Å². The predicted molar refractivity (Wildman–Crippen MR) is 91.9 cm³/mol. The van der Waals surface area contributed by atoms with E-state index in [1.165, 1.54) is 30.0 Å². The van der Waals surface area contributed by atoms with Gasteiger partial charge in [0.05, 0.1) is 13.0 Å². The molecule has 0 aliphatic heterocycles. The molecule has 0 atom stereocenters. The first-order chi connectivity index (χ1) is 11.9. The Hall–Kier alpha value is -2.70. The van der Waals surface area contributed by atoms with E-state index < -0.39 is 0 Å². The van der Waals surface area contributed by atoms with Crippen LogP contribution < -0.4 is 5.32 Å². The molecule has 0 saturated carbocycles. The van der Waals surface area contributed by atoms with E-state index >= 15 is 0 Å². The lowest BCUT2D eigenvalue weighted by Crippen LogP contribution is -2.38. The second-order valence-corrected chi connectivity index (χ2v) is 5.25. The fourth-order valence-corrected chi connectivity index (χ4v) is 2.01. The van der Waals surface area contributed by atoms with Crippen molar-refractivity contribution in [2.45, 2.75) is 20.3 Å². The van der Waals surface area contributed by atoms with Crippen molar-refractivity contribution in [1.29, 1.82) is 0 Å². The summed E-state index contributed by atoms with van der Waals surface area (Å²) in [5, 5.41) is 2.61. The van der Waals surface area contributed by atoms with Gasteiger partial charge in [-0.1, -0.05) is 12.1 Å². The van der Waals surface area contributed by atoms with Gasteiger partial charge in [-0.2, -0.15) is 0 Å². The molecule has 136 valence electrons. The van der Waals surface area contributed by atoms with Crippen LogP contribution in [0.4, 0.5) is 4.39 Å². The number of benzene rings is 1. The number of halogens is 1. The number of carbonyl (C=O) groups excluding carboxylic acids is 3. The molecule has 1 rings (SSSR count). The molecule has 0 aliphatic carbocycles. The van der Waals surface area contributed by atoms with E-state index in [0.29, 0.717) is 5.56 Å². The van der Waals surface area contributed by atoms with Crippen molar-refractivity contribution >= 4 is 23.9 Å². The second kappa shape index (κ2) is 11.0. The Kier molecular flexibility index (Phi) is 8.92. The lowest BCUT2D eigenvalue weighted by Gasteiger charge is -2.21. The summed E-state index contributed by atoms with van der Waals surface area (Å²) in [7, 11) is 0. The van der Waals surface area contributed by atoms with E-state index in [1.54, 1.807) is 25.1 Å². The van der Waals surface area contributed by atoms with Crippen LogP contribution in [0.3, 0.4) is 0 Å². The molecule has 7 heteroatoms. The molecule has 0 radical (unpaired) electrons. The monoisotopic (exact) mass is 350 g/mol. The lowest BCUT2D eigenvalue weighted by atomic mass is 10.2. The molecular formula is C18H23FN2O4. The first-order valence-electron chi connectivity index (χ1n) is 8.05.